The molecule has 2 aliphatic heterocycles. The molecular weight excluding hydrogens is 320 g/mol. The van der Waals surface area contributed by atoms with E-state index >= 15 is 0 Å². The predicted molar refractivity (Wildman–Crippen MR) is 93.3 cm³/mol. The first-order valence-electron chi connectivity index (χ1n) is 8.75. The summed E-state index contributed by atoms with van der Waals surface area (Å²) in [4.78, 5) is 39.6. The smallest absolute Gasteiger partial charge is 0.306 e. The lowest BCUT2D eigenvalue weighted by molar-refractivity contribution is -0.146. The summed E-state index contributed by atoms with van der Waals surface area (Å²) in [5.74, 6) is -1.53. The molecule has 1 atom stereocenters. The number of anilines is 1. The fraction of sp³-hybridized carbons (Fsp3) is 0.526. The van der Waals surface area contributed by atoms with Crippen LogP contribution in [0.3, 0.4) is 0 Å². The Morgan fingerprint density at radius 2 is 1.64 bits per heavy atom. The first-order chi connectivity index (χ1) is 11.8. The average Bonchev–Trinajstić information content (AvgIpc) is 2.95. The minimum atomic E-state index is -0.788. The molecule has 6 nitrogen and oxygen atoms in total. The maximum atomic E-state index is 12.7. The van der Waals surface area contributed by atoms with Gasteiger partial charge < -0.3 is 14.9 Å². The van der Waals surface area contributed by atoms with E-state index in [9.17, 15) is 14.4 Å². The Bertz CT molecular complexity index is 687. The van der Waals surface area contributed by atoms with Crippen LogP contribution in [0.5, 0.6) is 0 Å². The average molecular weight is 344 g/mol. The van der Waals surface area contributed by atoms with Crippen LogP contribution >= 0.6 is 0 Å². The minimum Gasteiger partial charge on any atom is -0.481 e. The molecule has 0 aliphatic carbocycles. The number of nitrogens with zero attached hydrogens (tertiary/aromatic N) is 2. The van der Waals surface area contributed by atoms with Gasteiger partial charge in [0.25, 0.3) is 0 Å². The second kappa shape index (κ2) is 6.86. The summed E-state index contributed by atoms with van der Waals surface area (Å²) < 4.78 is 0. The Morgan fingerprint density at radius 3 is 2.20 bits per heavy atom. The van der Waals surface area contributed by atoms with Crippen LogP contribution in [0.25, 0.3) is 0 Å². The van der Waals surface area contributed by atoms with Crippen molar-refractivity contribution >= 4 is 23.5 Å². The summed E-state index contributed by atoms with van der Waals surface area (Å²) in [6.07, 6.45) is 1.20. The number of aryl methyl sites for hydroxylation is 2. The second-order valence-electron chi connectivity index (χ2n) is 7.19. The lowest BCUT2D eigenvalue weighted by Crippen LogP contribution is -2.43. The molecule has 1 aromatic rings. The Morgan fingerprint density at radius 1 is 1.04 bits per heavy atom. The van der Waals surface area contributed by atoms with E-state index in [-0.39, 0.29) is 30.1 Å². The zero-order valence-electron chi connectivity index (χ0n) is 14.7. The minimum absolute atomic E-state index is 0.0240. The molecule has 1 N–H and O–H groups in total. The van der Waals surface area contributed by atoms with Crippen molar-refractivity contribution in [2.24, 2.45) is 11.8 Å². The Hall–Kier alpha value is -2.37. The molecule has 0 bridgehead atoms. The summed E-state index contributed by atoms with van der Waals surface area (Å²) in [5, 5.41) is 9.06. The van der Waals surface area contributed by atoms with Crippen LogP contribution in [0.1, 0.15) is 30.4 Å². The van der Waals surface area contributed by atoms with Crippen molar-refractivity contribution in [3.63, 3.8) is 0 Å². The summed E-state index contributed by atoms with van der Waals surface area (Å²) in [6, 6.07) is 5.99. The fourth-order valence-electron chi connectivity index (χ4n) is 3.83. The van der Waals surface area contributed by atoms with Gasteiger partial charge in [-0.1, -0.05) is 6.07 Å². The molecule has 2 saturated heterocycles. The van der Waals surface area contributed by atoms with Gasteiger partial charge in [-0.15, -0.1) is 0 Å². The van der Waals surface area contributed by atoms with E-state index in [1.165, 1.54) is 0 Å². The van der Waals surface area contributed by atoms with Crippen LogP contribution in [0.4, 0.5) is 5.69 Å². The number of carbonyl (C=O) groups excluding carboxylic acids is 2. The number of piperidine rings is 1. The quantitative estimate of drug-likeness (QED) is 0.909. The number of hydrogen-bond acceptors (Lipinski definition) is 3. The lowest BCUT2D eigenvalue weighted by Gasteiger charge is -2.31. The number of carboxylic acids is 1. The SMILES string of the molecule is Cc1cc(C)cc(N2CC(C(=O)N3CCC(C(=O)O)CC3)CC2=O)c1. The highest BCUT2D eigenvalue weighted by Crippen LogP contribution is 2.29. The van der Waals surface area contributed by atoms with Gasteiger partial charge in [-0.25, -0.2) is 0 Å². The van der Waals surface area contributed by atoms with Crippen LogP contribution in [-0.4, -0.2) is 47.4 Å². The maximum Gasteiger partial charge on any atom is 0.306 e. The molecule has 134 valence electrons. The van der Waals surface area contributed by atoms with Crippen molar-refractivity contribution in [1.29, 1.82) is 0 Å². The molecule has 0 saturated carbocycles. The van der Waals surface area contributed by atoms with Gasteiger partial charge in [0.15, 0.2) is 0 Å². The Kier molecular flexibility index (Phi) is 4.79. The molecule has 3 rings (SSSR count). The van der Waals surface area contributed by atoms with Gasteiger partial charge in [-0.3, -0.25) is 14.4 Å². The first-order valence-corrected chi connectivity index (χ1v) is 8.75. The number of hydrogen-bond donors (Lipinski definition) is 1. The monoisotopic (exact) mass is 344 g/mol. The van der Waals surface area contributed by atoms with Gasteiger partial charge in [-0.05, 0) is 49.9 Å². The molecule has 1 unspecified atom stereocenters. The largest absolute Gasteiger partial charge is 0.481 e. The van der Waals surface area contributed by atoms with E-state index in [0.717, 1.165) is 16.8 Å². The normalized spacial score (nSPS) is 21.7. The van der Waals surface area contributed by atoms with Crippen LogP contribution in [0.15, 0.2) is 18.2 Å². The molecule has 2 aliphatic rings. The highest BCUT2D eigenvalue weighted by Gasteiger charge is 2.38. The Labute approximate surface area is 147 Å². The molecule has 0 aromatic heterocycles. The van der Waals surface area contributed by atoms with E-state index < -0.39 is 5.97 Å². The molecular formula is C19H24N2O4. The van der Waals surface area contributed by atoms with Crippen molar-refractivity contribution in [1.82, 2.24) is 4.90 Å². The number of rotatable bonds is 3. The zero-order chi connectivity index (χ0) is 18.1. The van der Waals surface area contributed by atoms with Gasteiger partial charge in [0.05, 0.1) is 11.8 Å². The number of likely N-dealkylation sites (tertiary alicyclic amines) is 1. The number of amides is 2. The van der Waals surface area contributed by atoms with Gasteiger partial charge in [0, 0.05) is 31.7 Å². The van der Waals surface area contributed by atoms with Gasteiger partial charge in [0.2, 0.25) is 11.8 Å². The molecule has 25 heavy (non-hydrogen) atoms. The van der Waals surface area contributed by atoms with Gasteiger partial charge in [0.1, 0.15) is 0 Å². The molecule has 2 heterocycles. The third-order valence-corrected chi connectivity index (χ3v) is 5.15. The van der Waals surface area contributed by atoms with E-state index in [1.807, 2.05) is 26.0 Å². The number of benzene rings is 1. The van der Waals surface area contributed by atoms with Crippen molar-refractivity contribution in [3.05, 3.63) is 29.3 Å². The lowest BCUT2D eigenvalue weighted by atomic mass is 9.95. The van der Waals surface area contributed by atoms with Gasteiger partial charge in [-0.2, -0.15) is 0 Å². The number of carboxylic acid groups (broad SMARTS) is 1. The fourth-order valence-corrected chi connectivity index (χ4v) is 3.83. The Balaban J connectivity index is 1.66. The molecule has 2 amide bonds. The van der Waals surface area contributed by atoms with E-state index in [1.54, 1.807) is 9.80 Å². The molecule has 2 fully saturated rings. The third-order valence-electron chi connectivity index (χ3n) is 5.15. The van der Waals surface area contributed by atoms with Crippen molar-refractivity contribution in [3.8, 4) is 0 Å². The van der Waals surface area contributed by atoms with Gasteiger partial charge >= 0.3 is 5.97 Å². The molecule has 6 heteroatoms. The predicted octanol–water partition coefficient (Wildman–Crippen LogP) is 1.98. The highest BCUT2D eigenvalue weighted by molar-refractivity contribution is 6.00. The summed E-state index contributed by atoms with van der Waals surface area (Å²) in [5.41, 5.74) is 3.03. The number of carbonyl (C=O) groups is 3. The number of aliphatic carboxylic acids is 1. The van der Waals surface area contributed by atoms with E-state index in [2.05, 4.69) is 6.07 Å². The van der Waals surface area contributed by atoms with Crippen molar-refractivity contribution < 1.29 is 19.5 Å². The molecule has 1 aromatic carbocycles. The first kappa shape index (κ1) is 17.5. The highest BCUT2D eigenvalue weighted by atomic mass is 16.4. The van der Waals surface area contributed by atoms with Crippen LogP contribution in [0.2, 0.25) is 0 Å². The zero-order valence-corrected chi connectivity index (χ0v) is 14.7. The summed E-state index contributed by atoms with van der Waals surface area (Å²) >= 11 is 0. The van der Waals surface area contributed by atoms with Crippen molar-refractivity contribution in [2.75, 3.05) is 24.5 Å². The topological polar surface area (TPSA) is 77.9 Å². The van der Waals surface area contributed by atoms with Crippen LogP contribution < -0.4 is 4.90 Å². The van der Waals surface area contributed by atoms with Crippen LogP contribution in [0, 0.1) is 25.7 Å². The molecule has 0 spiro atoms. The summed E-state index contributed by atoms with van der Waals surface area (Å²) in [6.45, 7) is 5.31. The standard InChI is InChI=1S/C19H24N2O4/c1-12-7-13(2)9-16(8-12)21-11-15(10-17(21)22)18(23)20-5-3-14(4-6-20)19(24)25/h7-9,14-15H,3-6,10-11H2,1-2H3,(H,24,25). The van der Waals surface area contributed by atoms with E-state index in [4.69, 9.17) is 5.11 Å². The van der Waals surface area contributed by atoms with Crippen molar-refractivity contribution in [2.45, 2.75) is 33.1 Å². The van der Waals surface area contributed by atoms with Crippen LogP contribution in [-0.2, 0) is 14.4 Å². The maximum absolute atomic E-state index is 12.7. The third kappa shape index (κ3) is 3.67. The second-order valence-corrected chi connectivity index (χ2v) is 7.19. The summed E-state index contributed by atoms with van der Waals surface area (Å²) in [7, 11) is 0. The molecule has 0 radical (unpaired) electrons. The van der Waals surface area contributed by atoms with E-state index in [0.29, 0.717) is 32.5 Å².